The Morgan fingerprint density at radius 2 is 1.95 bits per heavy atom. The van der Waals surface area contributed by atoms with Crippen LogP contribution < -0.4 is 5.43 Å². The second kappa shape index (κ2) is 6.74. The molecule has 1 amide bonds. The Balaban J connectivity index is 2.04. The molecule has 1 N–H and O–H groups in total. The largest absolute Gasteiger partial charge is 0.271 e. The summed E-state index contributed by atoms with van der Waals surface area (Å²) in [6, 6.07) is 3.25. The molecule has 0 saturated carbocycles. The SMILES string of the molecule is O=C(NN=Cc1sc(Br)c(Br)c1Br)c1ccncc1. The number of aromatic nitrogens is 1. The molecule has 0 bridgehead atoms. The second-order valence-corrected chi connectivity index (χ2v) is 7.26. The van der Waals surface area contributed by atoms with E-state index in [1.165, 1.54) is 11.3 Å². The third kappa shape index (κ3) is 3.71. The maximum atomic E-state index is 11.7. The maximum Gasteiger partial charge on any atom is 0.271 e. The number of rotatable bonds is 3. The summed E-state index contributed by atoms with van der Waals surface area (Å²) in [6.45, 7) is 0. The first-order chi connectivity index (χ1) is 9.09. The van der Waals surface area contributed by atoms with Crippen molar-refractivity contribution >= 4 is 71.2 Å². The van der Waals surface area contributed by atoms with Crippen LogP contribution in [0.4, 0.5) is 0 Å². The van der Waals surface area contributed by atoms with Gasteiger partial charge in [0.15, 0.2) is 0 Å². The highest BCUT2D eigenvalue weighted by atomic mass is 79.9. The van der Waals surface area contributed by atoms with Crippen LogP contribution in [0.1, 0.15) is 15.2 Å². The minimum Gasteiger partial charge on any atom is -0.267 e. The lowest BCUT2D eigenvalue weighted by molar-refractivity contribution is 0.0955. The number of hydrogen-bond acceptors (Lipinski definition) is 4. The third-order valence-electron chi connectivity index (χ3n) is 2.07. The number of nitrogens with zero attached hydrogens (tertiary/aromatic N) is 2. The topological polar surface area (TPSA) is 54.4 Å². The maximum absolute atomic E-state index is 11.7. The summed E-state index contributed by atoms with van der Waals surface area (Å²) in [7, 11) is 0. The Bertz CT molecular complexity index is 628. The third-order valence-corrected chi connectivity index (χ3v) is 7.07. The number of carbonyl (C=O) groups is 1. The van der Waals surface area contributed by atoms with Crippen LogP contribution in [0, 0.1) is 0 Å². The molecule has 2 aromatic heterocycles. The van der Waals surface area contributed by atoms with Crippen molar-refractivity contribution in [1.82, 2.24) is 10.4 Å². The van der Waals surface area contributed by atoms with Crippen molar-refractivity contribution in [2.45, 2.75) is 0 Å². The van der Waals surface area contributed by atoms with Gasteiger partial charge in [-0.25, -0.2) is 5.43 Å². The first kappa shape index (κ1) is 14.8. The molecule has 0 spiro atoms. The van der Waals surface area contributed by atoms with Gasteiger partial charge >= 0.3 is 0 Å². The monoisotopic (exact) mass is 465 g/mol. The molecular weight excluding hydrogens is 462 g/mol. The Kier molecular flexibility index (Phi) is 5.26. The van der Waals surface area contributed by atoms with E-state index in [1.54, 1.807) is 30.7 Å². The van der Waals surface area contributed by atoms with Gasteiger partial charge in [-0.3, -0.25) is 9.78 Å². The molecule has 0 radical (unpaired) electrons. The van der Waals surface area contributed by atoms with Gasteiger partial charge in [-0.05, 0) is 59.9 Å². The van der Waals surface area contributed by atoms with Crippen LogP contribution >= 0.6 is 59.1 Å². The quantitative estimate of drug-likeness (QED) is 0.543. The van der Waals surface area contributed by atoms with E-state index in [0.29, 0.717) is 5.56 Å². The Labute approximate surface area is 138 Å². The van der Waals surface area contributed by atoms with Gasteiger partial charge in [0.05, 0.1) is 23.8 Å². The van der Waals surface area contributed by atoms with Crippen LogP contribution in [-0.2, 0) is 0 Å². The van der Waals surface area contributed by atoms with Gasteiger partial charge in [0.25, 0.3) is 5.91 Å². The molecule has 0 atom stereocenters. The summed E-state index contributed by atoms with van der Waals surface area (Å²) in [4.78, 5) is 16.5. The number of thiophene rings is 1. The minimum atomic E-state index is -0.274. The van der Waals surface area contributed by atoms with Gasteiger partial charge in [0, 0.05) is 18.0 Å². The lowest BCUT2D eigenvalue weighted by atomic mass is 10.3. The van der Waals surface area contributed by atoms with Crippen molar-refractivity contribution in [3.8, 4) is 0 Å². The zero-order chi connectivity index (χ0) is 13.8. The van der Waals surface area contributed by atoms with Crippen LogP contribution in [0.5, 0.6) is 0 Å². The number of nitrogens with one attached hydrogen (secondary N) is 1. The highest BCUT2D eigenvalue weighted by Crippen LogP contribution is 2.39. The lowest BCUT2D eigenvalue weighted by Crippen LogP contribution is -2.17. The normalized spacial score (nSPS) is 10.9. The molecule has 0 saturated heterocycles. The van der Waals surface area contributed by atoms with E-state index in [4.69, 9.17) is 0 Å². The number of hydrazone groups is 1. The van der Waals surface area contributed by atoms with Crippen molar-refractivity contribution in [1.29, 1.82) is 0 Å². The molecule has 19 heavy (non-hydrogen) atoms. The molecule has 0 unspecified atom stereocenters. The minimum absolute atomic E-state index is 0.274. The van der Waals surface area contributed by atoms with E-state index in [-0.39, 0.29) is 5.91 Å². The summed E-state index contributed by atoms with van der Waals surface area (Å²) >= 11 is 11.8. The van der Waals surface area contributed by atoms with Crippen molar-refractivity contribution in [2.24, 2.45) is 5.10 Å². The number of amides is 1. The van der Waals surface area contributed by atoms with Crippen LogP contribution in [0.15, 0.2) is 42.4 Å². The molecule has 2 heterocycles. The fourth-order valence-corrected chi connectivity index (χ4v) is 4.11. The van der Waals surface area contributed by atoms with Gasteiger partial charge in [0.2, 0.25) is 0 Å². The smallest absolute Gasteiger partial charge is 0.267 e. The van der Waals surface area contributed by atoms with Gasteiger partial charge in [-0.15, -0.1) is 11.3 Å². The molecular formula is C11H6Br3N3OS. The predicted octanol–water partition coefficient (Wildman–Crippen LogP) is 4.19. The number of pyridine rings is 1. The summed E-state index contributed by atoms with van der Waals surface area (Å²) in [5, 5.41) is 3.93. The summed E-state index contributed by atoms with van der Waals surface area (Å²) in [6.07, 6.45) is 4.70. The molecule has 98 valence electrons. The van der Waals surface area contributed by atoms with E-state index < -0.39 is 0 Å². The molecule has 4 nitrogen and oxygen atoms in total. The zero-order valence-corrected chi connectivity index (χ0v) is 14.8. The average molecular weight is 468 g/mol. The number of carbonyl (C=O) groups excluding carboxylic acids is 1. The van der Waals surface area contributed by atoms with Gasteiger partial charge in [0.1, 0.15) is 0 Å². The molecule has 0 aromatic carbocycles. The zero-order valence-electron chi connectivity index (χ0n) is 9.23. The fourth-order valence-electron chi connectivity index (χ4n) is 1.18. The van der Waals surface area contributed by atoms with Crippen LogP contribution in [0.25, 0.3) is 0 Å². The summed E-state index contributed by atoms with van der Waals surface area (Å²) in [5.74, 6) is -0.274. The predicted molar refractivity (Wildman–Crippen MR) is 86.7 cm³/mol. The average Bonchev–Trinajstić information content (AvgIpc) is 2.67. The molecule has 8 heteroatoms. The lowest BCUT2D eigenvalue weighted by Gasteiger charge is -1.97. The Hall–Kier alpha value is -0.570. The molecule has 2 aromatic rings. The fraction of sp³-hybridized carbons (Fsp3) is 0. The van der Waals surface area contributed by atoms with Crippen molar-refractivity contribution in [3.63, 3.8) is 0 Å². The van der Waals surface area contributed by atoms with E-state index in [2.05, 4.69) is 63.3 Å². The van der Waals surface area contributed by atoms with Gasteiger partial charge in [-0.2, -0.15) is 5.10 Å². The van der Waals surface area contributed by atoms with Crippen molar-refractivity contribution in [2.75, 3.05) is 0 Å². The van der Waals surface area contributed by atoms with Crippen molar-refractivity contribution < 1.29 is 4.79 Å². The Morgan fingerprint density at radius 1 is 1.26 bits per heavy atom. The summed E-state index contributed by atoms with van der Waals surface area (Å²) < 4.78 is 2.78. The van der Waals surface area contributed by atoms with E-state index in [9.17, 15) is 4.79 Å². The standard InChI is InChI=1S/C11H6Br3N3OS/c12-8-7(19-10(14)9(8)13)5-16-17-11(18)6-1-3-15-4-2-6/h1-5H,(H,17,18). The molecule has 0 aliphatic heterocycles. The second-order valence-electron chi connectivity index (χ2n) is 3.30. The Morgan fingerprint density at radius 3 is 2.53 bits per heavy atom. The molecule has 2 rings (SSSR count). The van der Waals surface area contributed by atoms with Crippen LogP contribution in [0.3, 0.4) is 0 Å². The number of halogens is 3. The molecule has 0 aliphatic carbocycles. The molecule has 0 aliphatic rings. The first-order valence-electron chi connectivity index (χ1n) is 4.96. The van der Waals surface area contributed by atoms with E-state index in [1.807, 2.05) is 0 Å². The highest BCUT2D eigenvalue weighted by molar-refractivity contribution is 9.14. The van der Waals surface area contributed by atoms with E-state index in [0.717, 1.165) is 17.6 Å². The summed E-state index contributed by atoms with van der Waals surface area (Å²) in [5.41, 5.74) is 2.97. The van der Waals surface area contributed by atoms with Crippen LogP contribution in [-0.4, -0.2) is 17.1 Å². The van der Waals surface area contributed by atoms with Gasteiger partial charge in [-0.1, -0.05) is 0 Å². The molecule has 0 fully saturated rings. The van der Waals surface area contributed by atoms with Gasteiger partial charge < -0.3 is 0 Å². The highest BCUT2D eigenvalue weighted by Gasteiger charge is 2.10. The number of hydrogen-bond donors (Lipinski definition) is 1. The first-order valence-corrected chi connectivity index (χ1v) is 8.16. The van der Waals surface area contributed by atoms with Crippen molar-refractivity contribution in [3.05, 3.63) is 47.7 Å². The van der Waals surface area contributed by atoms with Crippen LogP contribution in [0.2, 0.25) is 0 Å². The van der Waals surface area contributed by atoms with E-state index >= 15 is 0 Å².